The summed E-state index contributed by atoms with van der Waals surface area (Å²) in [5, 5.41) is 2.78. The Morgan fingerprint density at radius 2 is 0.529 bits per heavy atom. The van der Waals surface area contributed by atoms with Crippen molar-refractivity contribution in [1.29, 1.82) is 0 Å². The number of hydrogen-bond donors (Lipinski definition) is 0. The molecule has 4 aromatic rings. The van der Waals surface area contributed by atoms with E-state index in [2.05, 4.69) is 76.7 Å². The summed E-state index contributed by atoms with van der Waals surface area (Å²) in [4.78, 5) is 0. The summed E-state index contributed by atoms with van der Waals surface area (Å²) >= 11 is 24.9. The average molecular weight is 531 g/mol. The fourth-order valence-electron chi connectivity index (χ4n) is 4.16. The highest BCUT2D eigenvalue weighted by Crippen LogP contribution is 2.16. The standard InChI is InChI=1S/C24H16BCl4.C4H12N/c26-21-9-1-17(2-10-21)25(18-3-11-22(27)12-4-18,19-5-13-23(28)14-6-19)20-7-15-24(29)16-8-20;1-5(2,3)4/h1-16H;1-4H3/q-1;+1. The van der Waals surface area contributed by atoms with Crippen LogP contribution in [0.4, 0.5) is 0 Å². The predicted octanol–water partition coefficient (Wildman–Crippen LogP) is 6.00. The van der Waals surface area contributed by atoms with Gasteiger partial charge in [0.25, 0.3) is 0 Å². The molecule has 0 atom stereocenters. The third-order valence-corrected chi connectivity index (χ3v) is 6.49. The van der Waals surface area contributed by atoms with Gasteiger partial charge in [-0.1, -0.05) is 94.9 Å². The molecule has 0 amide bonds. The van der Waals surface area contributed by atoms with E-state index in [9.17, 15) is 0 Å². The van der Waals surface area contributed by atoms with E-state index in [0.29, 0.717) is 20.1 Å². The number of halogens is 4. The fraction of sp³-hybridized carbons (Fsp3) is 0.143. The fourth-order valence-corrected chi connectivity index (χ4v) is 4.66. The lowest BCUT2D eigenvalue weighted by Gasteiger charge is -2.44. The SMILES string of the molecule is C[N+](C)(C)C.Clc1ccc([B-](c2ccc(Cl)cc2)(c2ccc(Cl)cc2)c2ccc(Cl)cc2)cc1. The van der Waals surface area contributed by atoms with E-state index in [1.54, 1.807) is 0 Å². The average Bonchev–Trinajstić information content (AvgIpc) is 2.77. The van der Waals surface area contributed by atoms with Crippen molar-refractivity contribution in [3.63, 3.8) is 0 Å². The van der Waals surface area contributed by atoms with Crippen LogP contribution >= 0.6 is 46.4 Å². The quantitative estimate of drug-likeness (QED) is 0.224. The minimum absolute atomic E-state index is 0.696. The van der Waals surface area contributed by atoms with Crippen molar-refractivity contribution < 1.29 is 4.48 Å². The second-order valence-electron chi connectivity index (χ2n) is 9.76. The van der Waals surface area contributed by atoms with Gasteiger partial charge in [0.15, 0.2) is 0 Å². The summed E-state index contributed by atoms with van der Waals surface area (Å²) in [6.45, 7) is 0. The van der Waals surface area contributed by atoms with E-state index in [1.807, 2.05) is 48.5 Å². The van der Waals surface area contributed by atoms with Gasteiger partial charge in [-0.05, 0) is 48.5 Å². The Hall–Kier alpha value is -1.94. The molecule has 0 unspecified atom stereocenters. The number of quaternary nitrogens is 1. The molecule has 1 nitrogen and oxygen atoms in total. The summed E-state index contributed by atoms with van der Waals surface area (Å²) in [5.41, 5.74) is 4.56. The lowest BCUT2D eigenvalue weighted by Crippen LogP contribution is -2.74. The van der Waals surface area contributed by atoms with Crippen molar-refractivity contribution in [2.75, 3.05) is 28.2 Å². The first-order valence-corrected chi connectivity index (χ1v) is 12.5. The maximum absolute atomic E-state index is 6.22. The predicted molar refractivity (Wildman–Crippen MR) is 154 cm³/mol. The molecule has 4 aromatic carbocycles. The van der Waals surface area contributed by atoms with Crippen LogP contribution < -0.4 is 21.9 Å². The minimum atomic E-state index is -1.51. The first-order chi connectivity index (χ1) is 16.0. The molecule has 0 saturated heterocycles. The molecular formula is C28H28BCl4N. The summed E-state index contributed by atoms with van der Waals surface area (Å²) < 4.78 is 1.00. The van der Waals surface area contributed by atoms with Gasteiger partial charge in [0.2, 0.25) is 0 Å². The van der Waals surface area contributed by atoms with Crippen LogP contribution in [-0.2, 0) is 0 Å². The summed E-state index contributed by atoms with van der Waals surface area (Å²) in [6.07, 6.45) is -1.51. The van der Waals surface area contributed by atoms with E-state index >= 15 is 0 Å². The zero-order valence-electron chi connectivity index (χ0n) is 19.8. The van der Waals surface area contributed by atoms with Crippen LogP contribution in [0.25, 0.3) is 0 Å². The van der Waals surface area contributed by atoms with Crippen LogP contribution in [0.3, 0.4) is 0 Å². The molecule has 0 N–H and O–H groups in total. The van der Waals surface area contributed by atoms with Crippen LogP contribution in [0.5, 0.6) is 0 Å². The molecule has 0 aliphatic rings. The van der Waals surface area contributed by atoms with E-state index in [0.717, 1.165) is 26.3 Å². The molecule has 0 bridgehead atoms. The molecule has 176 valence electrons. The van der Waals surface area contributed by atoms with E-state index in [1.165, 1.54) is 0 Å². The van der Waals surface area contributed by atoms with Crippen molar-refractivity contribution in [3.05, 3.63) is 117 Å². The van der Waals surface area contributed by atoms with Crippen LogP contribution in [-0.4, -0.2) is 38.8 Å². The third kappa shape index (κ3) is 6.59. The molecular weight excluding hydrogens is 503 g/mol. The zero-order valence-corrected chi connectivity index (χ0v) is 22.8. The number of hydrogen-bond acceptors (Lipinski definition) is 0. The maximum atomic E-state index is 6.22. The van der Waals surface area contributed by atoms with Crippen LogP contribution in [0, 0.1) is 0 Å². The summed E-state index contributed by atoms with van der Waals surface area (Å²) in [5.74, 6) is 0. The normalized spacial score (nSPS) is 11.5. The highest BCUT2D eigenvalue weighted by molar-refractivity contribution is 7.19. The molecule has 34 heavy (non-hydrogen) atoms. The second-order valence-corrected chi connectivity index (χ2v) is 11.5. The number of nitrogens with zero attached hydrogens (tertiary/aromatic N) is 1. The first-order valence-electron chi connectivity index (χ1n) is 11.0. The molecule has 0 heterocycles. The van der Waals surface area contributed by atoms with Crippen molar-refractivity contribution in [2.45, 2.75) is 0 Å². The molecule has 0 radical (unpaired) electrons. The van der Waals surface area contributed by atoms with E-state index in [4.69, 9.17) is 46.4 Å². The molecule has 0 aliphatic carbocycles. The number of benzene rings is 4. The molecule has 0 fully saturated rings. The van der Waals surface area contributed by atoms with Gasteiger partial charge in [0.1, 0.15) is 6.15 Å². The van der Waals surface area contributed by atoms with Crippen LogP contribution in [0.2, 0.25) is 20.1 Å². The lowest BCUT2D eigenvalue weighted by atomic mass is 9.13. The monoisotopic (exact) mass is 529 g/mol. The summed E-state index contributed by atoms with van der Waals surface area (Å²) in [6, 6.07) is 32.1. The Labute approximate surface area is 223 Å². The van der Waals surface area contributed by atoms with Gasteiger partial charge < -0.3 is 4.48 Å². The highest BCUT2D eigenvalue weighted by atomic mass is 35.5. The second kappa shape index (κ2) is 11.2. The Balaban J connectivity index is 0.000000588. The van der Waals surface area contributed by atoms with Crippen LogP contribution in [0.15, 0.2) is 97.1 Å². The van der Waals surface area contributed by atoms with Gasteiger partial charge in [0, 0.05) is 20.1 Å². The summed E-state index contributed by atoms with van der Waals surface area (Å²) in [7, 11) is 8.50. The van der Waals surface area contributed by atoms with Crippen LogP contribution in [0.1, 0.15) is 0 Å². The topological polar surface area (TPSA) is 0 Å². The number of rotatable bonds is 4. The van der Waals surface area contributed by atoms with Gasteiger partial charge >= 0.3 is 0 Å². The van der Waals surface area contributed by atoms with Gasteiger partial charge in [-0.2, -0.15) is 21.9 Å². The molecule has 6 heteroatoms. The van der Waals surface area contributed by atoms with Gasteiger partial charge in [-0.3, -0.25) is 0 Å². The van der Waals surface area contributed by atoms with E-state index in [-0.39, 0.29) is 0 Å². The molecule has 0 aromatic heterocycles. The minimum Gasteiger partial charge on any atom is -0.333 e. The maximum Gasteiger partial charge on any atom is 0.108 e. The van der Waals surface area contributed by atoms with Gasteiger partial charge in [0.05, 0.1) is 28.2 Å². The van der Waals surface area contributed by atoms with Gasteiger partial charge in [-0.25, -0.2) is 0 Å². The van der Waals surface area contributed by atoms with Gasteiger partial charge in [-0.15, -0.1) is 0 Å². The Morgan fingerprint density at radius 3 is 0.676 bits per heavy atom. The first kappa shape index (κ1) is 26.7. The molecule has 0 saturated carbocycles. The van der Waals surface area contributed by atoms with Crippen molar-refractivity contribution in [3.8, 4) is 0 Å². The Bertz CT molecular complexity index is 1000. The molecule has 4 rings (SSSR count). The Morgan fingerprint density at radius 1 is 0.382 bits per heavy atom. The molecule has 0 aliphatic heterocycles. The van der Waals surface area contributed by atoms with Crippen molar-refractivity contribution in [1.82, 2.24) is 0 Å². The lowest BCUT2D eigenvalue weighted by molar-refractivity contribution is -0.849. The molecule has 0 spiro atoms. The van der Waals surface area contributed by atoms with E-state index < -0.39 is 6.15 Å². The zero-order chi connectivity index (χ0) is 24.9. The van der Waals surface area contributed by atoms with Crippen molar-refractivity contribution >= 4 is 74.4 Å². The smallest absolute Gasteiger partial charge is 0.108 e. The Kier molecular flexibility index (Phi) is 8.79. The highest BCUT2D eigenvalue weighted by Gasteiger charge is 2.31. The largest absolute Gasteiger partial charge is 0.333 e. The van der Waals surface area contributed by atoms with Crippen molar-refractivity contribution in [2.24, 2.45) is 0 Å². The third-order valence-electron chi connectivity index (χ3n) is 5.48.